The summed E-state index contributed by atoms with van der Waals surface area (Å²) in [6.07, 6.45) is 6.73. The quantitative estimate of drug-likeness (QED) is 0.372. The van der Waals surface area contributed by atoms with E-state index in [2.05, 4.69) is 15.1 Å². The van der Waals surface area contributed by atoms with E-state index in [1.165, 1.54) is 18.5 Å². The molecule has 160 valence electrons. The minimum Gasteiger partial charge on any atom is -0.440 e. The maximum atomic E-state index is 12.5. The molecule has 1 aliphatic heterocycles. The van der Waals surface area contributed by atoms with E-state index in [9.17, 15) is 9.59 Å². The van der Waals surface area contributed by atoms with Crippen LogP contribution in [0.4, 0.5) is 0 Å². The number of rotatable bonds is 6. The second kappa shape index (κ2) is 9.38. The van der Waals surface area contributed by atoms with Crippen molar-refractivity contribution in [3.8, 4) is 5.69 Å². The highest BCUT2D eigenvalue weighted by Crippen LogP contribution is 2.30. The van der Waals surface area contributed by atoms with Gasteiger partial charge in [-0.25, -0.2) is 4.98 Å². The highest BCUT2D eigenvalue weighted by Gasteiger charge is 2.28. The highest BCUT2D eigenvalue weighted by atomic mass is 16.3. The Labute approximate surface area is 178 Å². The van der Waals surface area contributed by atoms with Gasteiger partial charge in [0, 0.05) is 44.5 Å². The number of hydrazone groups is 1. The van der Waals surface area contributed by atoms with E-state index >= 15 is 0 Å². The van der Waals surface area contributed by atoms with Crippen molar-refractivity contribution >= 4 is 29.4 Å². The molecular weight excluding hydrogens is 396 g/mol. The van der Waals surface area contributed by atoms with Gasteiger partial charge < -0.3 is 15.2 Å². The molecule has 2 N–H and O–H groups in total. The van der Waals surface area contributed by atoms with E-state index in [1.54, 1.807) is 16.8 Å². The van der Waals surface area contributed by atoms with Crippen molar-refractivity contribution in [2.24, 2.45) is 15.9 Å². The SMILES string of the molecule is N/N=C\C=NCCC(=O)N1CCC[C@H](c2nc3cc(-n4ccccc4=O)ccc3o2)C1. The molecule has 9 heteroatoms. The number of benzene rings is 1. The van der Waals surface area contributed by atoms with Crippen molar-refractivity contribution in [3.05, 3.63) is 58.8 Å². The molecule has 0 bridgehead atoms. The summed E-state index contributed by atoms with van der Waals surface area (Å²) in [6.45, 7) is 1.70. The van der Waals surface area contributed by atoms with Crippen LogP contribution in [0.5, 0.6) is 0 Å². The van der Waals surface area contributed by atoms with Crippen LogP contribution in [0, 0.1) is 0 Å². The lowest BCUT2D eigenvalue weighted by atomic mass is 9.97. The Balaban J connectivity index is 1.47. The topological polar surface area (TPSA) is 119 Å². The van der Waals surface area contributed by atoms with E-state index in [0.717, 1.165) is 25.1 Å². The van der Waals surface area contributed by atoms with Crippen LogP contribution in [0.3, 0.4) is 0 Å². The fourth-order valence-electron chi connectivity index (χ4n) is 3.78. The maximum Gasteiger partial charge on any atom is 0.255 e. The van der Waals surface area contributed by atoms with Gasteiger partial charge in [-0.1, -0.05) is 6.07 Å². The van der Waals surface area contributed by atoms with Crippen molar-refractivity contribution in [1.82, 2.24) is 14.5 Å². The summed E-state index contributed by atoms with van der Waals surface area (Å²) in [5.41, 5.74) is 2.00. The molecule has 3 heterocycles. The third-order valence-electron chi connectivity index (χ3n) is 5.32. The Morgan fingerprint density at radius 2 is 2.19 bits per heavy atom. The fraction of sp³-hybridized carbons (Fsp3) is 0.318. The molecule has 4 rings (SSSR count). The lowest BCUT2D eigenvalue weighted by molar-refractivity contribution is -0.132. The van der Waals surface area contributed by atoms with Crippen molar-refractivity contribution in [2.75, 3.05) is 19.6 Å². The number of pyridine rings is 1. The number of likely N-dealkylation sites (tertiary alicyclic amines) is 1. The molecule has 3 aromatic rings. The van der Waals surface area contributed by atoms with E-state index in [4.69, 9.17) is 10.3 Å². The minimum absolute atomic E-state index is 0.0425. The molecule has 31 heavy (non-hydrogen) atoms. The van der Waals surface area contributed by atoms with Crippen LogP contribution in [0.15, 0.2) is 61.9 Å². The third kappa shape index (κ3) is 4.71. The van der Waals surface area contributed by atoms with E-state index in [1.807, 2.05) is 29.2 Å². The van der Waals surface area contributed by atoms with Crippen molar-refractivity contribution in [2.45, 2.75) is 25.2 Å². The number of fused-ring (bicyclic) bond motifs is 1. The van der Waals surface area contributed by atoms with Crippen LogP contribution in [0.25, 0.3) is 16.8 Å². The summed E-state index contributed by atoms with van der Waals surface area (Å²) in [7, 11) is 0. The third-order valence-corrected chi connectivity index (χ3v) is 5.32. The first-order valence-corrected chi connectivity index (χ1v) is 10.2. The summed E-state index contributed by atoms with van der Waals surface area (Å²) < 4.78 is 7.56. The summed E-state index contributed by atoms with van der Waals surface area (Å²) in [4.78, 5) is 35.2. The minimum atomic E-state index is -0.105. The number of hydrogen-bond acceptors (Lipinski definition) is 7. The number of oxazole rings is 1. The molecule has 0 aliphatic carbocycles. The van der Waals surface area contributed by atoms with Gasteiger partial charge in [0.15, 0.2) is 11.5 Å². The summed E-state index contributed by atoms with van der Waals surface area (Å²) in [6, 6.07) is 10.6. The van der Waals surface area contributed by atoms with E-state index < -0.39 is 0 Å². The molecule has 1 aromatic carbocycles. The van der Waals surface area contributed by atoms with Crippen molar-refractivity contribution < 1.29 is 9.21 Å². The van der Waals surface area contributed by atoms with Gasteiger partial charge >= 0.3 is 0 Å². The number of nitrogens with zero attached hydrogens (tertiary/aromatic N) is 5. The predicted molar refractivity (Wildman–Crippen MR) is 119 cm³/mol. The molecule has 0 radical (unpaired) electrons. The zero-order valence-electron chi connectivity index (χ0n) is 17.1. The first-order valence-electron chi connectivity index (χ1n) is 10.2. The largest absolute Gasteiger partial charge is 0.440 e. The summed E-state index contributed by atoms with van der Waals surface area (Å²) >= 11 is 0. The van der Waals surface area contributed by atoms with Gasteiger partial charge in [-0.3, -0.25) is 19.1 Å². The zero-order chi connectivity index (χ0) is 21.6. The van der Waals surface area contributed by atoms with E-state index in [-0.39, 0.29) is 17.4 Å². The molecule has 2 aromatic heterocycles. The molecule has 1 atom stereocenters. The Morgan fingerprint density at radius 3 is 3.03 bits per heavy atom. The van der Waals surface area contributed by atoms with Crippen LogP contribution in [-0.2, 0) is 4.79 Å². The zero-order valence-corrected chi connectivity index (χ0v) is 17.1. The molecule has 1 saturated heterocycles. The number of piperidine rings is 1. The second-order valence-corrected chi connectivity index (χ2v) is 7.40. The molecular formula is C22H24N6O3. The fourth-order valence-corrected chi connectivity index (χ4v) is 3.78. The van der Waals surface area contributed by atoms with Crippen LogP contribution >= 0.6 is 0 Å². The highest BCUT2D eigenvalue weighted by molar-refractivity contribution is 6.15. The summed E-state index contributed by atoms with van der Waals surface area (Å²) in [5.74, 6) is 5.74. The molecule has 9 nitrogen and oxygen atoms in total. The molecule has 1 amide bonds. The van der Waals surface area contributed by atoms with Crippen LogP contribution in [-0.4, -0.2) is 52.4 Å². The molecule has 1 fully saturated rings. The van der Waals surface area contributed by atoms with Gasteiger partial charge in [-0.05, 0) is 37.1 Å². The van der Waals surface area contributed by atoms with Crippen LogP contribution < -0.4 is 11.4 Å². The number of amides is 1. The Kier molecular flexibility index (Phi) is 6.21. The number of nitrogens with two attached hydrogens (primary N) is 1. The first-order chi connectivity index (χ1) is 15.2. The molecule has 1 aliphatic rings. The van der Waals surface area contributed by atoms with Crippen LogP contribution in [0.2, 0.25) is 0 Å². The first kappa shape index (κ1) is 20.5. The Hall–Kier alpha value is -3.75. The van der Waals surface area contributed by atoms with Gasteiger partial charge in [-0.15, -0.1) is 0 Å². The van der Waals surface area contributed by atoms with E-state index in [0.29, 0.717) is 36.5 Å². The van der Waals surface area contributed by atoms with Crippen molar-refractivity contribution in [3.63, 3.8) is 0 Å². The number of aliphatic imine (C=N–C) groups is 1. The van der Waals surface area contributed by atoms with Gasteiger partial charge in [-0.2, -0.15) is 5.10 Å². The molecule has 0 saturated carbocycles. The molecule has 0 spiro atoms. The lowest BCUT2D eigenvalue weighted by Gasteiger charge is -2.31. The van der Waals surface area contributed by atoms with Gasteiger partial charge in [0.1, 0.15) is 5.52 Å². The van der Waals surface area contributed by atoms with Gasteiger partial charge in [0.05, 0.1) is 17.8 Å². The Bertz CT molecular complexity index is 1180. The lowest BCUT2D eigenvalue weighted by Crippen LogP contribution is -2.39. The van der Waals surface area contributed by atoms with Gasteiger partial charge in [0.2, 0.25) is 5.91 Å². The average Bonchev–Trinajstić information content (AvgIpc) is 3.23. The maximum absolute atomic E-state index is 12.5. The monoisotopic (exact) mass is 420 g/mol. The second-order valence-electron chi connectivity index (χ2n) is 7.40. The van der Waals surface area contributed by atoms with Crippen molar-refractivity contribution in [1.29, 1.82) is 0 Å². The summed E-state index contributed by atoms with van der Waals surface area (Å²) in [5, 5.41) is 3.33. The number of carbonyl (C=O) groups excluding carboxylic acids is 1. The molecule has 0 unspecified atom stereocenters. The van der Waals surface area contributed by atoms with Gasteiger partial charge in [0.25, 0.3) is 5.56 Å². The number of aromatic nitrogens is 2. The number of carbonyl (C=O) groups is 1. The normalized spacial score (nSPS) is 17.2. The number of hydrogen-bond donors (Lipinski definition) is 1. The smallest absolute Gasteiger partial charge is 0.255 e. The predicted octanol–water partition coefficient (Wildman–Crippen LogP) is 2.09. The standard InChI is InChI=1S/C22H24N6O3/c23-25-11-10-24-9-8-20(29)27-12-3-4-16(15-27)22-26-18-14-17(6-7-19(18)31-22)28-13-2-1-5-21(28)30/h1-2,5-7,10-11,13-14,16H,3-4,8-9,12,15,23H2/b24-10?,25-11-/t16-/m0/s1. The Morgan fingerprint density at radius 1 is 1.29 bits per heavy atom. The average molecular weight is 420 g/mol. The van der Waals surface area contributed by atoms with Crippen LogP contribution in [0.1, 0.15) is 31.1 Å².